The summed E-state index contributed by atoms with van der Waals surface area (Å²) >= 11 is 0. The van der Waals surface area contributed by atoms with Crippen molar-refractivity contribution in [1.82, 2.24) is 5.32 Å². The van der Waals surface area contributed by atoms with Gasteiger partial charge in [0.25, 0.3) is 0 Å². The summed E-state index contributed by atoms with van der Waals surface area (Å²) in [6.45, 7) is 10.8. The molecular formula is C13H15N5. The summed E-state index contributed by atoms with van der Waals surface area (Å²) in [5.41, 5.74) is 2.61. The Morgan fingerprint density at radius 3 is 2.39 bits per heavy atom. The number of piperazine rings is 1. The maximum Gasteiger partial charge on any atom is 0.112 e. The number of nitrogens with one attached hydrogen (secondary N) is 1. The van der Waals surface area contributed by atoms with Crippen molar-refractivity contribution in [3.8, 4) is 6.07 Å². The zero-order valence-electron chi connectivity index (χ0n) is 10.2. The summed E-state index contributed by atoms with van der Waals surface area (Å²) in [6, 6.07) is 5.76. The van der Waals surface area contributed by atoms with Crippen LogP contribution in [0.25, 0.3) is 0 Å². The van der Waals surface area contributed by atoms with Crippen molar-refractivity contribution >= 4 is 30.5 Å². The molecule has 92 valence electrons. The van der Waals surface area contributed by atoms with E-state index in [1.165, 1.54) is 0 Å². The van der Waals surface area contributed by atoms with Crippen molar-refractivity contribution in [2.45, 2.75) is 0 Å². The molecule has 1 aliphatic heterocycles. The molecule has 0 unspecified atom stereocenters. The Morgan fingerprint density at radius 1 is 1.17 bits per heavy atom. The molecule has 0 aromatic heterocycles. The first-order chi connectivity index (χ1) is 8.81. The lowest BCUT2D eigenvalue weighted by Gasteiger charge is -2.30. The third-order valence-electron chi connectivity index (χ3n) is 3.02. The summed E-state index contributed by atoms with van der Waals surface area (Å²) in [7, 11) is 0. The average Bonchev–Trinajstić information content (AvgIpc) is 2.46. The van der Waals surface area contributed by atoms with Crippen LogP contribution in [0.3, 0.4) is 0 Å². The van der Waals surface area contributed by atoms with E-state index < -0.39 is 0 Å². The molecule has 0 aliphatic carbocycles. The van der Waals surface area contributed by atoms with Crippen LogP contribution in [0.4, 0.5) is 17.1 Å². The van der Waals surface area contributed by atoms with Crippen LogP contribution >= 0.6 is 0 Å². The molecule has 5 heteroatoms. The molecule has 18 heavy (non-hydrogen) atoms. The predicted molar refractivity (Wildman–Crippen MR) is 74.7 cm³/mol. The molecule has 0 atom stereocenters. The van der Waals surface area contributed by atoms with Gasteiger partial charge < -0.3 is 10.2 Å². The van der Waals surface area contributed by atoms with Crippen LogP contribution in [0.15, 0.2) is 22.1 Å². The molecular weight excluding hydrogens is 226 g/mol. The Morgan fingerprint density at radius 2 is 1.83 bits per heavy atom. The van der Waals surface area contributed by atoms with E-state index in [0.717, 1.165) is 31.9 Å². The number of hydrogen-bond acceptors (Lipinski definition) is 5. The van der Waals surface area contributed by atoms with Crippen LogP contribution in [0.5, 0.6) is 0 Å². The standard InChI is InChI=1S/C13H15N5/c1-15-12-10(9-14)3-4-11(13(12)16-2)18-7-5-17-6-8-18/h3-4,17H,1-2,5-8H2. The fraction of sp³-hybridized carbons (Fsp3) is 0.308. The van der Waals surface area contributed by atoms with Crippen LogP contribution in [0, 0.1) is 11.3 Å². The maximum absolute atomic E-state index is 9.05. The highest BCUT2D eigenvalue weighted by Crippen LogP contribution is 2.40. The Labute approximate surface area is 106 Å². The number of nitrogens with zero attached hydrogens (tertiary/aromatic N) is 4. The third kappa shape index (κ3) is 2.11. The molecule has 1 aliphatic rings. The Balaban J connectivity index is 2.50. The molecule has 5 nitrogen and oxygen atoms in total. The first kappa shape index (κ1) is 12.3. The van der Waals surface area contributed by atoms with E-state index in [4.69, 9.17) is 5.26 Å². The van der Waals surface area contributed by atoms with Gasteiger partial charge in [0.05, 0.1) is 11.3 Å². The van der Waals surface area contributed by atoms with Gasteiger partial charge in [0.2, 0.25) is 0 Å². The largest absolute Gasteiger partial charge is 0.367 e. The molecule has 0 radical (unpaired) electrons. The smallest absolute Gasteiger partial charge is 0.112 e. The minimum absolute atomic E-state index is 0.478. The summed E-state index contributed by atoms with van der Waals surface area (Å²) < 4.78 is 0. The fourth-order valence-electron chi connectivity index (χ4n) is 2.14. The Hall–Kier alpha value is -2.19. The van der Waals surface area contributed by atoms with Gasteiger partial charge in [-0.05, 0) is 25.6 Å². The lowest BCUT2D eigenvalue weighted by atomic mass is 10.1. The second kappa shape index (κ2) is 5.43. The fourth-order valence-corrected chi connectivity index (χ4v) is 2.14. The van der Waals surface area contributed by atoms with Crippen molar-refractivity contribution < 1.29 is 0 Å². The maximum atomic E-state index is 9.05. The highest BCUT2D eigenvalue weighted by atomic mass is 15.2. The van der Waals surface area contributed by atoms with Crippen molar-refractivity contribution in [3.05, 3.63) is 17.7 Å². The average molecular weight is 241 g/mol. The molecule has 1 aromatic carbocycles. The molecule has 0 amide bonds. The second-order valence-corrected chi connectivity index (χ2v) is 3.99. The molecule has 1 fully saturated rings. The van der Waals surface area contributed by atoms with Gasteiger partial charge in [-0.1, -0.05) is 0 Å². The number of rotatable bonds is 3. The van der Waals surface area contributed by atoms with Gasteiger partial charge in [0.15, 0.2) is 0 Å². The quantitative estimate of drug-likeness (QED) is 0.818. The highest BCUT2D eigenvalue weighted by Gasteiger charge is 2.18. The lowest BCUT2D eigenvalue weighted by Crippen LogP contribution is -2.43. The second-order valence-electron chi connectivity index (χ2n) is 3.99. The summed E-state index contributed by atoms with van der Waals surface area (Å²) in [5, 5.41) is 12.3. The SMILES string of the molecule is C=Nc1c(C#N)ccc(N2CCNCC2)c1N=C. The van der Waals surface area contributed by atoms with Gasteiger partial charge in [0, 0.05) is 26.2 Å². The Bertz CT molecular complexity index is 509. The molecule has 0 bridgehead atoms. The van der Waals surface area contributed by atoms with Crippen molar-refractivity contribution in [1.29, 1.82) is 5.26 Å². The van der Waals surface area contributed by atoms with E-state index in [9.17, 15) is 0 Å². The number of benzene rings is 1. The first-order valence-corrected chi connectivity index (χ1v) is 5.78. The van der Waals surface area contributed by atoms with Gasteiger partial charge in [-0.3, -0.25) is 9.98 Å². The summed E-state index contributed by atoms with van der Waals surface area (Å²) in [6.07, 6.45) is 0. The topological polar surface area (TPSA) is 63.8 Å². The molecule has 2 rings (SSSR count). The van der Waals surface area contributed by atoms with Crippen LogP contribution in [0.2, 0.25) is 0 Å². The molecule has 1 N–H and O–H groups in total. The minimum atomic E-state index is 0.478. The van der Waals surface area contributed by atoms with E-state index in [1.807, 2.05) is 6.07 Å². The van der Waals surface area contributed by atoms with Crippen LogP contribution in [-0.4, -0.2) is 39.6 Å². The normalized spacial score (nSPS) is 14.9. The molecule has 1 aromatic rings. The van der Waals surface area contributed by atoms with Crippen LogP contribution in [-0.2, 0) is 0 Å². The summed E-state index contributed by atoms with van der Waals surface area (Å²) in [5.74, 6) is 0. The number of anilines is 1. The summed E-state index contributed by atoms with van der Waals surface area (Å²) in [4.78, 5) is 10.2. The monoisotopic (exact) mass is 241 g/mol. The van der Waals surface area contributed by atoms with Gasteiger partial charge in [-0.15, -0.1) is 0 Å². The van der Waals surface area contributed by atoms with Crippen molar-refractivity contribution in [2.24, 2.45) is 9.98 Å². The Kier molecular flexibility index (Phi) is 3.70. The van der Waals surface area contributed by atoms with Crippen molar-refractivity contribution in [2.75, 3.05) is 31.1 Å². The van der Waals surface area contributed by atoms with Crippen molar-refractivity contribution in [3.63, 3.8) is 0 Å². The van der Waals surface area contributed by atoms with E-state index in [2.05, 4.69) is 39.7 Å². The highest BCUT2D eigenvalue weighted by molar-refractivity contribution is 5.85. The zero-order valence-corrected chi connectivity index (χ0v) is 10.2. The van der Waals surface area contributed by atoms with E-state index in [0.29, 0.717) is 16.9 Å². The molecule has 0 spiro atoms. The van der Waals surface area contributed by atoms with E-state index in [-0.39, 0.29) is 0 Å². The molecule has 1 heterocycles. The lowest BCUT2D eigenvalue weighted by molar-refractivity contribution is 0.589. The third-order valence-corrected chi connectivity index (χ3v) is 3.02. The predicted octanol–water partition coefficient (Wildman–Crippen LogP) is 1.63. The van der Waals surface area contributed by atoms with Crippen LogP contribution in [0.1, 0.15) is 5.56 Å². The van der Waals surface area contributed by atoms with E-state index >= 15 is 0 Å². The van der Waals surface area contributed by atoms with Gasteiger partial charge in [0.1, 0.15) is 17.4 Å². The number of hydrogen-bond donors (Lipinski definition) is 1. The zero-order chi connectivity index (χ0) is 13.0. The molecule has 1 saturated heterocycles. The van der Waals surface area contributed by atoms with Gasteiger partial charge in [-0.25, -0.2) is 0 Å². The van der Waals surface area contributed by atoms with Crippen LogP contribution < -0.4 is 10.2 Å². The van der Waals surface area contributed by atoms with E-state index in [1.54, 1.807) is 6.07 Å². The number of aliphatic imine (C=N–C) groups is 2. The number of nitriles is 1. The van der Waals surface area contributed by atoms with Gasteiger partial charge >= 0.3 is 0 Å². The molecule has 0 saturated carbocycles. The van der Waals surface area contributed by atoms with Gasteiger partial charge in [-0.2, -0.15) is 5.26 Å². The minimum Gasteiger partial charge on any atom is -0.367 e. The first-order valence-electron chi connectivity index (χ1n) is 5.78.